The molecule has 2 rings (SSSR count). The van der Waals surface area contributed by atoms with Crippen LogP contribution in [-0.2, 0) is 19.6 Å². The highest BCUT2D eigenvalue weighted by molar-refractivity contribution is 7.91. The van der Waals surface area contributed by atoms with Gasteiger partial charge in [-0.2, -0.15) is 4.31 Å². The fourth-order valence-corrected chi connectivity index (χ4v) is 4.88. The zero-order chi connectivity index (χ0) is 15.8. The molecule has 8 nitrogen and oxygen atoms in total. The summed E-state index contributed by atoms with van der Waals surface area (Å²) in [6, 6.07) is 0. The fourth-order valence-electron chi connectivity index (χ4n) is 1.98. The average molecular weight is 334 g/mol. The third-order valence-corrected chi connectivity index (χ3v) is 6.28. The summed E-state index contributed by atoms with van der Waals surface area (Å²) in [5.74, 6) is -0.324. The maximum Gasteiger partial charge on any atom is 0.273 e. The van der Waals surface area contributed by atoms with Crippen molar-refractivity contribution in [2.24, 2.45) is 0 Å². The number of rotatable bonds is 3. The SMILES string of the molecule is CC(=O)Nc1nnc(S(=O)(=O)N2CC(C)OCC2(C)C)s1. The maximum absolute atomic E-state index is 12.7. The average Bonchev–Trinajstić information content (AvgIpc) is 2.80. The first kappa shape index (κ1) is 16.3. The molecule has 0 radical (unpaired) electrons. The van der Waals surface area contributed by atoms with Gasteiger partial charge in [-0.05, 0) is 20.8 Å². The molecule has 118 valence electrons. The van der Waals surface area contributed by atoms with Gasteiger partial charge in [0.05, 0.1) is 18.2 Å². The van der Waals surface area contributed by atoms with Crippen molar-refractivity contribution < 1.29 is 17.9 Å². The Kier molecular flexibility index (Phi) is 4.34. The normalized spacial score (nSPS) is 23.0. The molecule has 21 heavy (non-hydrogen) atoms. The highest BCUT2D eigenvalue weighted by Crippen LogP contribution is 2.31. The van der Waals surface area contributed by atoms with Crippen LogP contribution >= 0.6 is 11.3 Å². The van der Waals surface area contributed by atoms with E-state index >= 15 is 0 Å². The van der Waals surface area contributed by atoms with Crippen LogP contribution in [0.4, 0.5) is 5.13 Å². The van der Waals surface area contributed by atoms with Gasteiger partial charge in [-0.3, -0.25) is 4.79 Å². The summed E-state index contributed by atoms with van der Waals surface area (Å²) >= 11 is 0.839. The summed E-state index contributed by atoms with van der Waals surface area (Å²) in [6.45, 7) is 7.30. The first-order chi connectivity index (χ1) is 9.63. The van der Waals surface area contributed by atoms with Gasteiger partial charge >= 0.3 is 0 Å². The van der Waals surface area contributed by atoms with Crippen LogP contribution in [0.15, 0.2) is 4.34 Å². The molecular formula is C11H18N4O4S2. The van der Waals surface area contributed by atoms with Crippen molar-refractivity contribution in [3.8, 4) is 0 Å². The van der Waals surface area contributed by atoms with Crippen molar-refractivity contribution in [2.75, 3.05) is 18.5 Å². The number of nitrogens with one attached hydrogen (secondary N) is 1. The van der Waals surface area contributed by atoms with Crippen LogP contribution < -0.4 is 5.32 Å². The van der Waals surface area contributed by atoms with Crippen molar-refractivity contribution in [3.05, 3.63) is 0 Å². The lowest BCUT2D eigenvalue weighted by Crippen LogP contribution is -2.57. The van der Waals surface area contributed by atoms with Gasteiger partial charge in [-0.25, -0.2) is 8.42 Å². The molecule has 1 aliphatic rings. The second-order valence-electron chi connectivity index (χ2n) is 5.52. The van der Waals surface area contributed by atoms with Gasteiger partial charge in [0.2, 0.25) is 15.4 Å². The lowest BCUT2D eigenvalue weighted by Gasteiger charge is -2.42. The highest BCUT2D eigenvalue weighted by Gasteiger charge is 2.43. The lowest BCUT2D eigenvalue weighted by molar-refractivity contribution is -0.114. The Morgan fingerprint density at radius 2 is 2.14 bits per heavy atom. The monoisotopic (exact) mass is 334 g/mol. The third-order valence-electron chi connectivity index (χ3n) is 3.02. The summed E-state index contributed by atoms with van der Waals surface area (Å²) in [5, 5.41) is 9.97. The number of carbonyl (C=O) groups is 1. The second-order valence-corrected chi connectivity index (χ2v) is 8.54. The van der Waals surface area contributed by atoms with Gasteiger partial charge < -0.3 is 10.1 Å². The molecule has 1 saturated heterocycles. The number of carbonyl (C=O) groups excluding carboxylic acids is 1. The third kappa shape index (κ3) is 3.39. The molecule has 0 bridgehead atoms. The maximum atomic E-state index is 12.7. The van der Waals surface area contributed by atoms with Gasteiger partial charge in [0.25, 0.3) is 10.0 Å². The molecule has 1 fully saturated rings. The number of amides is 1. The number of anilines is 1. The minimum absolute atomic E-state index is 0.131. The Morgan fingerprint density at radius 1 is 1.48 bits per heavy atom. The number of morpholine rings is 1. The lowest BCUT2D eigenvalue weighted by atomic mass is 10.1. The number of hydrogen-bond acceptors (Lipinski definition) is 7. The first-order valence-electron chi connectivity index (χ1n) is 6.38. The molecule has 1 aromatic heterocycles. The molecule has 0 saturated carbocycles. The number of sulfonamides is 1. The van der Waals surface area contributed by atoms with E-state index < -0.39 is 15.6 Å². The van der Waals surface area contributed by atoms with E-state index in [1.165, 1.54) is 11.2 Å². The molecule has 2 heterocycles. The van der Waals surface area contributed by atoms with Gasteiger partial charge in [-0.1, -0.05) is 11.3 Å². The summed E-state index contributed by atoms with van der Waals surface area (Å²) in [6.07, 6.45) is -0.185. The molecule has 0 aliphatic carbocycles. The zero-order valence-electron chi connectivity index (χ0n) is 12.3. The molecule has 1 unspecified atom stereocenters. The molecule has 1 atom stereocenters. The minimum Gasteiger partial charge on any atom is -0.375 e. The quantitative estimate of drug-likeness (QED) is 0.816. The van der Waals surface area contributed by atoms with Crippen molar-refractivity contribution in [2.45, 2.75) is 43.7 Å². The molecular weight excluding hydrogens is 316 g/mol. The van der Waals surface area contributed by atoms with Crippen molar-refractivity contribution in [1.29, 1.82) is 0 Å². The van der Waals surface area contributed by atoms with Crippen LogP contribution in [0, 0.1) is 0 Å². The van der Waals surface area contributed by atoms with Crippen molar-refractivity contribution >= 4 is 32.4 Å². The van der Waals surface area contributed by atoms with Gasteiger partial charge in [0.15, 0.2) is 0 Å². The number of aromatic nitrogens is 2. The molecule has 1 amide bonds. The molecule has 10 heteroatoms. The smallest absolute Gasteiger partial charge is 0.273 e. The van der Waals surface area contributed by atoms with E-state index in [2.05, 4.69) is 15.5 Å². The zero-order valence-corrected chi connectivity index (χ0v) is 13.9. The number of nitrogens with zero attached hydrogens (tertiary/aromatic N) is 3. The van der Waals surface area contributed by atoms with E-state index in [-0.39, 0.29) is 28.0 Å². The fraction of sp³-hybridized carbons (Fsp3) is 0.727. The van der Waals surface area contributed by atoms with Crippen LogP contribution in [0.5, 0.6) is 0 Å². The summed E-state index contributed by atoms with van der Waals surface area (Å²) in [5.41, 5.74) is -0.662. The van der Waals surface area contributed by atoms with E-state index in [1.54, 1.807) is 13.8 Å². The molecule has 1 aromatic rings. The largest absolute Gasteiger partial charge is 0.375 e. The number of ether oxygens (including phenoxy) is 1. The van der Waals surface area contributed by atoms with Gasteiger partial charge in [0.1, 0.15) is 0 Å². The Hall–Kier alpha value is -1.10. The van der Waals surface area contributed by atoms with E-state index in [0.29, 0.717) is 6.61 Å². The molecule has 1 N–H and O–H groups in total. The van der Waals surface area contributed by atoms with E-state index in [0.717, 1.165) is 11.3 Å². The van der Waals surface area contributed by atoms with Crippen LogP contribution in [-0.4, -0.2) is 53.6 Å². The topological polar surface area (TPSA) is 101 Å². The van der Waals surface area contributed by atoms with E-state index in [1.807, 2.05) is 6.92 Å². The van der Waals surface area contributed by atoms with Crippen LogP contribution in [0.25, 0.3) is 0 Å². The predicted molar refractivity (Wildman–Crippen MR) is 77.6 cm³/mol. The van der Waals surface area contributed by atoms with Gasteiger partial charge in [-0.15, -0.1) is 10.2 Å². The Morgan fingerprint density at radius 3 is 2.76 bits per heavy atom. The van der Waals surface area contributed by atoms with Crippen LogP contribution in [0.1, 0.15) is 27.7 Å². The highest BCUT2D eigenvalue weighted by atomic mass is 32.2. The van der Waals surface area contributed by atoms with E-state index in [9.17, 15) is 13.2 Å². The Labute approximate surface area is 127 Å². The molecule has 1 aliphatic heterocycles. The summed E-state index contributed by atoms with van der Waals surface area (Å²) in [7, 11) is -3.77. The minimum atomic E-state index is -3.77. The first-order valence-corrected chi connectivity index (χ1v) is 8.64. The predicted octanol–water partition coefficient (Wildman–Crippen LogP) is 0.684. The standard InChI is InChI=1S/C11H18N4O4S2/c1-7-5-15(11(3,4)6-19-7)21(17,18)10-14-13-9(20-10)12-8(2)16/h7H,5-6H2,1-4H3,(H,12,13,16). The van der Waals surface area contributed by atoms with Crippen molar-refractivity contribution in [3.63, 3.8) is 0 Å². The van der Waals surface area contributed by atoms with Crippen molar-refractivity contribution in [1.82, 2.24) is 14.5 Å². The van der Waals surface area contributed by atoms with Crippen LogP contribution in [0.3, 0.4) is 0 Å². The second kappa shape index (κ2) is 5.59. The van der Waals surface area contributed by atoms with Crippen LogP contribution in [0.2, 0.25) is 0 Å². The molecule has 0 aromatic carbocycles. The molecule has 0 spiro atoms. The summed E-state index contributed by atoms with van der Waals surface area (Å²) < 4.78 is 32.2. The Balaban J connectivity index is 2.32. The van der Waals surface area contributed by atoms with Gasteiger partial charge in [0, 0.05) is 13.5 Å². The summed E-state index contributed by atoms with van der Waals surface area (Å²) in [4.78, 5) is 11.0. The van der Waals surface area contributed by atoms with E-state index in [4.69, 9.17) is 4.74 Å². The number of hydrogen-bond donors (Lipinski definition) is 1. The Bertz CT molecular complexity index is 640.